The molecule has 0 radical (unpaired) electrons. The molecule has 4 aromatic rings. The molecule has 0 saturated carbocycles. The van der Waals surface area contributed by atoms with Crippen LogP contribution in [0.15, 0.2) is 48.7 Å². The molecular formula is C23H24N4O. The Bertz CT molecular complexity index is 1150. The van der Waals surface area contributed by atoms with E-state index in [1.807, 2.05) is 34.8 Å². The van der Waals surface area contributed by atoms with E-state index >= 15 is 0 Å². The SMILES string of the molecule is Cc1ccc2c(c1)cc(C(=O)N1CCC[C@H](c3cc4ncccc4[nH]3)C1)n2C. The maximum absolute atomic E-state index is 13.3. The molecule has 1 saturated heterocycles. The summed E-state index contributed by atoms with van der Waals surface area (Å²) in [6.07, 6.45) is 3.92. The highest BCUT2D eigenvalue weighted by atomic mass is 16.2. The minimum atomic E-state index is 0.121. The molecular weight excluding hydrogens is 348 g/mol. The van der Waals surface area contributed by atoms with E-state index in [0.717, 1.165) is 53.6 Å². The molecule has 1 aliphatic heterocycles. The van der Waals surface area contributed by atoms with Crippen LogP contribution in [-0.4, -0.2) is 38.4 Å². The maximum Gasteiger partial charge on any atom is 0.270 e. The molecule has 1 atom stereocenters. The van der Waals surface area contributed by atoms with Crippen molar-refractivity contribution in [2.24, 2.45) is 7.05 Å². The molecule has 5 nitrogen and oxygen atoms in total. The van der Waals surface area contributed by atoms with Gasteiger partial charge in [0, 0.05) is 48.8 Å². The summed E-state index contributed by atoms with van der Waals surface area (Å²) in [4.78, 5) is 23.2. The van der Waals surface area contributed by atoms with Gasteiger partial charge < -0.3 is 14.5 Å². The number of fused-ring (bicyclic) bond motifs is 2. The van der Waals surface area contributed by atoms with Crippen LogP contribution in [-0.2, 0) is 7.05 Å². The number of amides is 1. The number of aryl methyl sites for hydroxylation is 2. The number of carbonyl (C=O) groups excluding carboxylic acids is 1. The molecule has 5 heteroatoms. The molecule has 5 rings (SSSR count). The lowest BCUT2D eigenvalue weighted by Crippen LogP contribution is -2.39. The molecule has 1 amide bonds. The fourth-order valence-electron chi connectivity index (χ4n) is 4.45. The van der Waals surface area contributed by atoms with Gasteiger partial charge >= 0.3 is 0 Å². The smallest absolute Gasteiger partial charge is 0.270 e. The highest BCUT2D eigenvalue weighted by Crippen LogP contribution is 2.30. The van der Waals surface area contributed by atoms with Gasteiger partial charge in [-0.25, -0.2) is 0 Å². The van der Waals surface area contributed by atoms with Crippen molar-refractivity contribution in [3.8, 4) is 0 Å². The first-order chi connectivity index (χ1) is 13.6. The predicted molar refractivity (Wildman–Crippen MR) is 112 cm³/mol. The standard InChI is InChI=1S/C23H24N4O/c1-15-7-8-21-17(11-15)12-22(26(21)2)23(28)27-10-4-5-16(14-27)19-13-20-18(25-19)6-3-9-24-20/h3,6-9,11-13,16,25H,4-5,10,14H2,1-2H3/t16-/m0/s1. The minimum Gasteiger partial charge on any atom is -0.357 e. The van der Waals surface area contributed by atoms with Gasteiger partial charge in [0.15, 0.2) is 0 Å². The zero-order chi connectivity index (χ0) is 19.3. The van der Waals surface area contributed by atoms with E-state index in [4.69, 9.17) is 0 Å². The highest BCUT2D eigenvalue weighted by molar-refractivity contribution is 5.99. The second-order valence-corrected chi connectivity index (χ2v) is 7.90. The lowest BCUT2D eigenvalue weighted by Gasteiger charge is -2.32. The third-order valence-electron chi connectivity index (χ3n) is 5.98. The van der Waals surface area contributed by atoms with Crippen molar-refractivity contribution in [2.45, 2.75) is 25.7 Å². The topological polar surface area (TPSA) is 53.9 Å². The van der Waals surface area contributed by atoms with Crippen LogP contribution >= 0.6 is 0 Å². The number of nitrogens with zero attached hydrogens (tertiary/aromatic N) is 3. The Balaban J connectivity index is 1.43. The first kappa shape index (κ1) is 17.0. The average molecular weight is 372 g/mol. The quantitative estimate of drug-likeness (QED) is 0.568. The van der Waals surface area contributed by atoms with Crippen LogP contribution in [0.3, 0.4) is 0 Å². The van der Waals surface area contributed by atoms with Crippen LogP contribution in [0.25, 0.3) is 21.9 Å². The highest BCUT2D eigenvalue weighted by Gasteiger charge is 2.28. The van der Waals surface area contributed by atoms with E-state index in [0.29, 0.717) is 5.92 Å². The molecule has 3 aromatic heterocycles. The summed E-state index contributed by atoms with van der Waals surface area (Å²) in [6.45, 7) is 3.64. The fraction of sp³-hybridized carbons (Fsp3) is 0.304. The summed E-state index contributed by atoms with van der Waals surface area (Å²) in [5.41, 5.74) is 6.31. The van der Waals surface area contributed by atoms with Crippen LogP contribution in [0, 0.1) is 6.92 Å². The number of hydrogen-bond donors (Lipinski definition) is 1. The number of carbonyl (C=O) groups is 1. The summed E-state index contributed by atoms with van der Waals surface area (Å²) in [5.74, 6) is 0.444. The number of aromatic amines is 1. The number of hydrogen-bond acceptors (Lipinski definition) is 2. The van der Waals surface area contributed by atoms with Gasteiger partial charge in [0.05, 0.1) is 11.0 Å². The van der Waals surface area contributed by atoms with E-state index in [2.05, 4.69) is 47.2 Å². The number of nitrogens with one attached hydrogen (secondary N) is 1. The Labute approximate surface area is 164 Å². The van der Waals surface area contributed by atoms with Gasteiger partial charge in [-0.15, -0.1) is 0 Å². The van der Waals surface area contributed by atoms with Crippen LogP contribution in [0.2, 0.25) is 0 Å². The minimum absolute atomic E-state index is 0.121. The maximum atomic E-state index is 13.3. The number of aromatic nitrogens is 3. The van der Waals surface area contributed by atoms with Gasteiger partial charge in [-0.2, -0.15) is 0 Å². The van der Waals surface area contributed by atoms with Crippen molar-refractivity contribution in [1.29, 1.82) is 0 Å². The summed E-state index contributed by atoms with van der Waals surface area (Å²) in [7, 11) is 1.98. The van der Waals surface area contributed by atoms with Crippen molar-refractivity contribution in [3.05, 3.63) is 65.6 Å². The Morgan fingerprint density at radius 1 is 1.21 bits per heavy atom. The molecule has 28 heavy (non-hydrogen) atoms. The molecule has 1 aliphatic rings. The van der Waals surface area contributed by atoms with E-state index < -0.39 is 0 Å². The van der Waals surface area contributed by atoms with Gasteiger partial charge in [0.1, 0.15) is 5.69 Å². The first-order valence-corrected chi connectivity index (χ1v) is 9.89. The monoisotopic (exact) mass is 372 g/mol. The Morgan fingerprint density at radius 3 is 2.96 bits per heavy atom. The molecule has 1 aromatic carbocycles. The lowest BCUT2D eigenvalue weighted by molar-refractivity contribution is 0.0697. The van der Waals surface area contributed by atoms with Crippen LogP contribution < -0.4 is 0 Å². The van der Waals surface area contributed by atoms with Gasteiger partial charge in [0.2, 0.25) is 0 Å². The molecule has 1 fully saturated rings. The third kappa shape index (κ3) is 2.78. The number of benzene rings is 1. The third-order valence-corrected chi connectivity index (χ3v) is 5.98. The number of likely N-dealkylation sites (tertiary alicyclic amines) is 1. The average Bonchev–Trinajstić information content (AvgIpc) is 3.28. The summed E-state index contributed by atoms with van der Waals surface area (Å²) < 4.78 is 2.02. The zero-order valence-electron chi connectivity index (χ0n) is 16.3. The van der Waals surface area contributed by atoms with Gasteiger partial charge in [-0.3, -0.25) is 9.78 Å². The Kier molecular flexibility index (Phi) is 3.97. The first-order valence-electron chi connectivity index (χ1n) is 9.89. The largest absolute Gasteiger partial charge is 0.357 e. The van der Waals surface area contributed by atoms with E-state index in [-0.39, 0.29) is 5.91 Å². The van der Waals surface area contributed by atoms with Crippen molar-refractivity contribution in [3.63, 3.8) is 0 Å². The number of H-pyrrole nitrogens is 1. The summed E-state index contributed by atoms with van der Waals surface area (Å²) in [5, 5.41) is 1.13. The van der Waals surface area contributed by atoms with E-state index in [1.54, 1.807) is 0 Å². The second-order valence-electron chi connectivity index (χ2n) is 7.90. The van der Waals surface area contributed by atoms with Gasteiger partial charge in [-0.05, 0) is 56.2 Å². The van der Waals surface area contributed by atoms with Crippen molar-refractivity contribution in [1.82, 2.24) is 19.4 Å². The number of rotatable bonds is 2. The van der Waals surface area contributed by atoms with Crippen LogP contribution in [0.1, 0.15) is 40.5 Å². The molecule has 1 N–H and O–H groups in total. The van der Waals surface area contributed by atoms with Crippen LogP contribution in [0.4, 0.5) is 0 Å². The van der Waals surface area contributed by atoms with Crippen molar-refractivity contribution >= 4 is 27.8 Å². The van der Waals surface area contributed by atoms with Crippen LogP contribution in [0.5, 0.6) is 0 Å². The molecule has 4 heterocycles. The number of piperidine rings is 1. The van der Waals surface area contributed by atoms with E-state index in [9.17, 15) is 4.79 Å². The molecule has 142 valence electrons. The molecule has 0 spiro atoms. The summed E-state index contributed by atoms with van der Waals surface area (Å²) in [6, 6.07) is 14.5. The van der Waals surface area contributed by atoms with Crippen molar-refractivity contribution in [2.75, 3.05) is 13.1 Å². The van der Waals surface area contributed by atoms with Crippen molar-refractivity contribution < 1.29 is 4.79 Å². The predicted octanol–water partition coefficient (Wildman–Crippen LogP) is 4.38. The zero-order valence-corrected chi connectivity index (χ0v) is 16.3. The lowest BCUT2D eigenvalue weighted by atomic mass is 9.94. The fourth-order valence-corrected chi connectivity index (χ4v) is 4.45. The molecule has 0 unspecified atom stereocenters. The second kappa shape index (κ2) is 6.51. The molecule has 0 aliphatic carbocycles. The summed E-state index contributed by atoms with van der Waals surface area (Å²) >= 11 is 0. The Morgan fingerprint density at radius 2 is 2.11 bits per heavy atom. The van der Waals surface area contributed by atoms with E-state index in [1.165, 1.54) is 11.3 Å². The number of pyridine rings is 1. The normalized spacial score (nSPS) is 17.5. The van der Waals surface area contributed by atoms with Gasteiger partial charge in [0.25, 0.3) is 5.91 Å². The molecule has 0 bridgehead atoms. The van der Waals surface area contributed by atoms with Gasteiger partial charge in [-0.1, -0.05) is 11.6 Å². The Hall–Kier alpha value is -3.08.